The van der Waals surface area contributed by atoms with Gasteiger partial charge in [0, 0.05) is 74.0 Å². The van der Waals surface area contributed by atoms with Gasteiger partial charge >= 0.3 is 0 Å². The summed E-state index contributed by atoms with van der Waals surface area (Å²) in [6.45, 7) is 4.94. The molecule has 3 aliphatic heterocycles. The van der Waals surface area contributed by atoms with Crippen molar-refractivity contribution in [1.82, 2.24) is 15.1 Å². The Balaban J connectivity index is 1.47. The van der Waals surface area contributed by atoms with Gasteiger partial charge in [-0.1, -0.05) is 11.2 Å². The summed E-state index contributed by atoms with van der Waals surface area (Å²) < 4.78 is 0. The highest BCUT2D eigenvalue weighted by molar-refractivity contribution is 6.06. The fourth-order valence-electron chi connectivity index (χ4n) is 4.31. The third kappa shape index (κ3) is 3.76. The van der Waals surface area contributed by atoms with Crippen molar-refractivity contribution in [3.05, 3.63) is 39.8 Å². The van der Waals surface area contributed by atoms with Crippen LogP contribution in [0.25, 0.3) is 10.4 Å². The van der Waals surface area contributed by atoms with E-state index in [1.807, 2.05) is 18.2 Å². The first-order valence-electron chi connectivity index (χ1n) is 9.83. The Morgan fingerprint density at radius 2 is 1.97 bits per heavy atom. The molecule has 10 nitrogen and oxygen atoms in total. The smallest absolute Gasteiger partial charge is 0.255 e. The molecule has 1 unspecified atom stereocenters. The van der Waals surface area contributed by atoms with Crippen LogP contribution in [0.3, 0.4) is 0 Å². The minimum Gasteiger partial charge on any atom is -0.369 e. The first kappa shape index (κ1) is 19.2. The molecule has 3 aliphatic rings. The summed E-state index contributed by atoms with van der Waals surface area (Å²) in [4.78, 5) is 45.5. The van der Waals surface area contributed by atoms with E-state index in [2.05, 4.69) is 25.1 Å². The van der Waals surface area contributed by atoms with Crippen LogP contribution in [0.5, 0.6) is 0 Å². The van der Waals surface area contributed by atoms with Gasteiger partial charge in [-0.05, 0) is 24.1 Å². The predicted molar refractivity (Wildman–Crippen MR) is 105 cm³/mol. The number of nitrogens with zero attached hydrogens (tertiary/aromatic N) is 6. The first-order chi connectivity index (χ1) is 14.1. The lowest BCUT2D eigenvalue weighted by molar-refractivity contribution is -0.136. The molecule has 0 radical (unpaired) electrons. The third-order valence-electron chi connectivity index (χ3n) is 5.85. The second-order valence-corrected chi connectivity index (χ2v) is 7.49. The summed E-state index contributed by atoms with van der Waals surface area (Å²) in [5.41, 5.74) is 11.0. The number of carbonyl (C=O) groups is 3. The molecule has 1 aromatic carbocycles. The molecule has 2 saturated heterocycles. The second-order valence-electron chi connectivity index (χ2n) is 7.49. The highest BCUT2D eigenvalue weighted by Crippen LogP contribution is 2.34. The molecular formula is C19H23N7O3. The molecule has 0 spiro atoms. The van der Waals surface area contributed by atoms with E-state index in [9.17, 15) is 14.4 Å². The van der Waals surface area contributed by atoms with E-state index >= 15 is 0 Å². The second kappa shape index (κ2) is 8.10. The van der Waals surface area contributed by atoms with Gasteiger partial charge in [-0.15, -0.1) is 0 Å². The molecule has 0 aromatic heterocycles. The highest BCUT2D eigenvalue weighted by atomic mass is 16.2. The Labute approximate surface area is 168 Å². The predicted octanol–water partition coefficient (Wildman–Crippen LogP) is 0.880. The molecule has 0 saturated carbocycles. The molecule has 0 aliphatic carbocycles. The summed E-state index contributed by atoms with van der Waals surface area (Å²) in [5, 5.41) is 5.93. The number of amides is 3. The van der Waals surface area contributed by atoms with Crippen LogP contribution in [0.15, 0.2) is 23.3 Å². The van der Waals surface area contributed by atoms with Crippen LogP contribution < -0.4 is 10.2 Å². The lowest BCUT2D eigenvalue weighted by Gasteiger charge is -2.36. The maximum absolute atomic E-state index is 13.0. The standard InChI is InChI=1S/C19H23N7O3/c20-23-21-6-7-24-8-10-25(11-9-24)15-3-1-2-13-14(15)12-26(19(13)29)16-4-5-17(27)22-18(16)28/h1-3,16H,4-12H2,(H,22,27,28). The van der Waals surface area contributed by atoms with E-state index in [0.29, 0.717) is 25.1 Å². The van der Waals surface area contributed by atoms with Gasteiger partial charge in [0.15, 0.2) is 0 Å². The van der Waals surface area contributed by atoms with Gasteiger partial charge in [-0.25, -0.2) is 0 Å². The number of anilines is 1. The van der Waals surface area contributed by atoms with Crippen LogP contribution >= 0.6 is 0 Å². The zero-order chi connectivity index (χ0) is 20.4. The lowest BCUT2D eigenvalue weighted by atomic mass is 10.0. The molecule has 10 heteroatoms. The van der Waals surface area contributed by atoms with Crippen LogP contribution in [-0.2, 0) is 16.1 Å². The van der Waals surface area contributed by atoms with E-state index < -0.39 is 11.9 Å². The molecule has 152 valence electrons. The molecule has 1 N–H and O–H groups in total. The van der Waals surface area contributed by atoms with E-state index in [1.165, 1.54) is 0 Å². The van der Waals surface area contributed by atoms with Crippen molar-refractivity contribution in [2.75, 3.05) is 44.2 Å². The number of hydrogen-bond acceptors (Lipinski definition) is 6. The van der Waals surface area contributed by atoms with Gasteiger partial charge in [0.2, 0.25) is 11.8 Å². The van der Waals surface area contributed by atoms with Crippen molar-refractivity contribution in [1.29, 1.82) is 0 Å². The van der Waals surface area contributed by atoms with Crippen molar-refractivity contribution >= 4 is 23.4 Å². The van der Waals surface area contributed by atoms with Gasteiger partial charge in [0.25, 0.3) is 5.91 Å². The van der Waals surface area contributed by atoms with Crippen molar-refractivity contribution in [2.24, 2.45) is 5.11 Å². The SMILES string of the molecule is [N-]=[N+]=NCCN1CCN(c2cccc3c2CN(C2CCC(=O)NC2=O)C3=O)CC1. The van der Waals surface area contributed by atoms with Gasteiger partial charge in [0.1, 0.15) is 6.04 Å². The van der Waals surface area contributed by atoms with Crippen LogP contribution in [0.1, 0.15) is 28.8 Å². The molecular weight excluding hydrogens is 374 g/mol. The number of fused-ring (bicyclic) bond motifs is 1. The summed E-state index contributed by atoms with van der Waals surface area (Å²) in [6.07, 6.45) is 0.616. The van der Waals surface area contributed by atoms with Gasteiger partial charge in [-0.3, -0.25) is 24.6 Å². The minimum absolute atomic E-state index is 0.149. The monoisotopic (exact) mass is 397 g/mol. The quantitative estimate of drug-likeness (QED) is 0.342. The average molecular weight is 397 g/mol. The Kier molecular flexibility index (Phi) is 5.37. The van der Waals surface area contributed by atoms with E-state index in [1.54, 1.807) is 4.90 Å². The molecule has 1 aromatic rings. The van der Waals surface area contributed by atoms with E-state index in [-0.39, 0.29) is 18.2 Å². The topological polar surface area (TPSA) is 122 Å². The van der Waals surface area contributed by atoms with Gasteiger partial charge in [-0.2, -0.15) is 0 Å². The highest BCUT2D eigenvalue weighted by Gasteiger charge is 2.40. The van der Waals surface area contributed by atoms with Crippen molar-refractivity contribution in [3.8, 4) is 0 Å². The van der Waals surface area contributed by atoms with Crippen molar-refractivity contribution < 1.29 is 14.4 Å². The Morgan fingerprint density at radius 3 is 2.69 bits per heavy atom. The van der Waals surface area contributed by atoms with Crippen LogP contribution in [-0.4, -0.2) is 72.8 Å². The summed E-state index contributed by atoms with van der Waals surface area (Å²) in [5.74, 6) is -0.823. The molecule has 29 heavy (non-hydrogen) atoms. The minimum atomic E-state index is -0.599. The van der Waals surface area contributed by atoms with Crippen LogP contribution in [0.4, 0.5) is 5.69 Å². The van der Waals surface area contributed by atoms with Gasteiger partial charge < -0.3 is 9.80 Å². The number of hydrogen-bond donors (Lipinski definition) is 1. The number of piperidine rings is 1. The lowest BCUT2D eigenvalue weighted by Crippen LogP contribution is -2.52. The van der Waals surface area contributed by atoms with E-state index in [0.717, 1.165) is 44.0 Å². The zero-order valence-corrected chi connectivity index (χ0v) is 16.1. The van der Waals surface area contributed by atoms with Crippen LogP contribution in [0.2, 0.25) is 0 Å². The summed E-state index contributed by atoms with van der Waals surface area (Å²) in [7, 11) is 0. The fourth-order valence-corrected chi connectivity index (χ4v) is 4.31. The average Bonchev–Trinajstić information content (AvgIpc) is 3.05. The normalized spacial score (nSPS) is 22.3. The molecule has 4 rings (SSSR count). The van der Waals surface area contributed by atoms with Crippen molar-refractivity contribution in [2.45, 2.75) is 25.4 Å². The number of carbonyl (C=O) groups excluding carboxylic acids is 3. The Bertz CT molecular complexity index is 888. The maximum atomic E-state index is 13.0. The molecule has 1 atom stereocenters. The number of rotatable bonds is 5. The number of imide groups is 1. The first-order valence-corrected chi connectivity index (χ1v) is 9.83. The zero-order valence-electron chi connectivity index (χ0n) is 16.1. The number of nitrogens with one attached hydrogen (secondary N) is 1. The Hall–Kier alpha value is -3.10. The van der Waals surface area contributed by atoms with Crippen molar-refractivity contribution in [3.63, 3.8) is 0 Å². The largest absolute Gasteiger partial charge is 0.369 e. The number of piperazine rings is 1. The third-order valence-corrected chi connectivity index (χ3v) is 5.85. The molecule has 0 bridgehead atoms. The van der Waals surface area contributed by atoms with Gasteiger partial charge in [0.05, 0.1) is 0 Å². The number of azide groups is 1. The Morgan fingerprint density at radius 1 is 1.17 bits per heavy atom. The molecule has 3 amide bonds. The summed E-state index contributed by atoms with van der Waals surface area (Å²) in [6, 6.07) is 5.12. The summed E-state index contributed by atoms with van der Waals surface area (Å²) >= 11 is 0. The number of benzene rings is 1. The molecule has 2 fully saturated rings. The maximum Gasteiger partial charge on any atom is 0.255 e. The molecule has 3 heterocycles. The van der Waals surface area contributed by atoms with E-state index in [4.69, 9.17) is 5.53 Å². The fraction of sp³-hybridized carbons (Fsp3) is 0.526. The van der Waals surface area contributed by atoms with Crippen LogP contribution in [0, 0.1) is 0 Å².